The Bertz CT molecular complexity index is 1520. The van der Waals surface area contributed by atoms with Crippen molar-refractivity contribution in [2.75, 3.05) is 5.75 Å². The van der Waals surface area contributed by atoms with Crippen LogP contribution in [0.15, 0.2) is 68.5 Å². The maximum absolute atomic E-state index is 12.7. The molecule has 0 radical (unpaired) electrons. The van der Waals surface area contributed by atoms with E-state index in [1.807, 2.05) is 0 Å². The lowest BCUT2D eigenvalue weighted by Crippen LogP contribution is -2.34. The number of nitrogens with zero attached hydrogens (tertiary/aromatic N) is 2. The van der Waals surface area contributed by atoms with Gasteiger partial charge in [0.2, 0.25) is 0 Å². The average Bonchev–Trinajstić information content (AvgIpc) is 3.16. The highest BCUT2D eigenvalue weighted by atomic mass is 35.5. The second-order valence-corrected chi connectivity index (χ2v) is 10.6. The van der Waals surface area contributed by atoms with Crippen molar-refractivity contribution in [2.24, 2.45) is 0 Å². The molecule has 0 saturated heterocycles. The van der Waals surface area contributed by atoms with Crippen LogP contribution < -0.4 is 11.2 Å². The van der Waals surface area contributed by atoms with Gasteiger partial charge in [0, 0.05) is 12.6 Å². The zero-order chi connectivity index (χ0) is 22.2. The van der Waals surface area contributed by atoms with Gasteiger partial charge in [0.15, 0.2) is 15.6 Å². The van der Waals surface area contributed by atoms with Crippen molar-refractivity contribution >= 4 is 49.5 Å². The van der Waals surface area contributed by atoms with Crippen molar-refractivity contribution in [3.63, 3.8) is 0 Å². The monoisotopic (exact) mass is 475 g/mol. The standard InChI is InChI=1S/C20H14ClN3O5S2/c21-16-6-8-18(30-16)31(28,29)11-13(25)9-12-5-7-17(22-10-12)24-19(26)14-3-1-2-4-15(14)23-20(24)27/h1-8,10H,9,11H2,(H,23,27). The summed E-state index contributed by atoms with van der Waals surface area (Å²) in [6.45, 7) is 0. The lowest BCUT2D eigenvalue weighted by atomic mass is 10.1. The number of aromatic amines is 1. The van der Waals surface area contributed by atoms with Crippen molar-refractivity contribution in [1.29, 1.82) is 0 Å². The van der Waals surface area contributed by atoms with Gasteiger partial charge in [0.1, 0.15) is 15.8 Å². The van der Waals surface area contributed by atoms with E-state index in [9.17, 15) is 22.8 Å². The highest BCUT2D eigenvalue weighted by Crippen LogP contribution is 2.26. The average molecular weight is 476 g/mol. The lowest BCUT2D eigenvalue weighted by Gasteiger charge is -2.07. The Morgan fingerprint density at radius 3 is 2.55 bits per heavy atom. The fourth-order valence-electron chi connectivity index (χ4n) is 3.05. The molecule has 8 nitrogen and oxygen atoms in total. The molecule has 1 aromatic carbocycles. The number of hydrogen-bond acceptors (Lipinski definition) is 7. The van der Waals surface area contributed by atoms with Gasteiger partial charge >= 0.3 is 5.69 Å². The number of para-hydroxylation sites is 1. The molecule has 158 valence electrons. The number of nitrogens with one attached hydrogen (secondary N) is 1. The largest absolute Gasteiger partial charge is 0.334 e. The maximum atomic E-state index is 12.7. The van der Waals surface area contributed by atoms with E-state index in [2.05, 4.69) is 9.97 Å². The van der Waals surface area contributed by atoms with Gasteiger partial charge in [-0.05, 0) is 35.9 Å². The first-order chi connectivity index (χ1) is 14.7. The van der Waals surface area contributed by atoms with Gasteiger partial charge in [0.25, 0.3) is 5.56 Å². The van der Waals surface area contributed by atoms with Gasteiger partial charge in [-0.1, -0.05) is 29.8 Å². The van der Waals surface area contributed by atoms with Crippen LogP contribution in [0.4, 0.5) is 0 Å². The smallest absolute Gasteiger partial charge is 0.306 e. The first-order valence-corrected chi connectivity index (χ1v) is 11.8. The molecule has 0 aliphatic heterocycles. The molecule has 0 amide bonds. The molecular weight excluding hydrogens is 462 g/mol. The summed E-state index contributed by atoms with van der Waals surface area (Å²) in [6, 6.07) is 12.4. The fraction of sp³-hybridized carbons (Fsp3) is 0.100. The van der Waals surface area contributed by atoms with Gasteiger partial charge in [-0.3, -0.25) is 9.59 Å². The molecule has 4 aromatic rings. The third-order valence-corrected chi connectivity index (χ3v) is 7.94. The molecule has 31 heavy (non-hydrogen) atoms. The number of rotatable bonds is 6. The number of carbonyl (C=O) groups is 1. The lowest BCUT2D eigenvalue weighted by molar-refractivity contribution is -0.116. The Kier molecular flexibility index (Phi) is 5.61. The SMILES string of the molecule is O=C(Cc1ccc(-n2c(=O)[nH]c3ccccc3c2=O)nc1)CS(=O)(=O)c1ccc(Cl)s1. The molecule has 3 aromatic heterocycles. The Labute approximate surface area is 184 Å². The Balaban J connectivity index is 1.55. The number of thiophene rings is 1. The third kappa shape index (κ3) is 4.36. The molecular formula is C20H14ClN3O5S2. The molecule has 0 aliphatic rings. The number of hydrogen-bond donors (Lipinski definition) is 1. The van der Waals surface area contributed by atoms with Gasteiger partial charge in [-0.25, -0.2) is 22.8 Å². The van der Waals surface area contributed by atoms with Crippen molar-refractivity contribution in [2.45, 2.75) is 10.6 Å². The Morgan fingerprint density at radius 1 is 1.10 bits per heavy atom. The zero-order valence-electron chi connectivity index (χ0n) is 15.7. The third-order valence-electron chi connectivity index (χ3n) is 4.45. The fourth-order valence-corrected chi connectivity index (χ4v) is 5.86. The van der Waals surface area contributed by atoms with Crippen molar-refractivity contribution in [3.8, 4) is 5.82 Å². The van der Waals surface area contributed by atoms with Crippen LogP contribution in [-0.2, 0) is 21.1 Å². The highest BCUT2D eigenvalue weighted by Gasteiger charge is 2.21. The van der Waals surface area contributed by atoms with E-state index >= 15 is 0 Å². The van der Waals surface area contributed by atoms with Gasteiger partial charge in [-0.15, -0.1) is 11.3 Å². The summed E-state index contributed by atoms with van der Waals surface area (Å²) in [7, 11) is -3.77. The quantitative estimate of drug-likeness (QED) is 0.457. The first kappa shape index (κ1) is 21.2. The van der Waals surface area contributed by atoms with E-state index < -0.39 is 32.6 Å². The van der Waals surface area contributed by atoms with Crippen molar-refractivity contribution in [1.82, 2.24) is 14.5 Å². The van der Waals surface area contributed by atoms with E-state index in [4.69, 9.17) is 11.6 Å². The summed E-state index contributed by atoms with van der Waals surface area (Å²) in [5.41, 5.74) is -0.278. The van der Waals surface area contributed by atoms with Gasteiger partial charge < -0.3 is 4.98 Å². The molecule has 11 heteroatoms. The summed E-state index contributed by atoms with van der Waals surface area (Å²) in [6.07, 6.45) is 1.18. The second-order valence-electron chi connectivity index (χ2n) is 6.67. The minimum absolute atomic E-state index is 0.0363. The van der Waals surface area contributed by atoms with Crippen LogP contribution in [0.1, 0.15) is 5.56 Å². The van der Waals surface area contributed by atoms with Gasteiger partial charge in [-0.2, -0.15) is 0 Å². The number of benzene rings is 1. The van der Waals surface area contributed by atoms with E-state index in [1.165, 1.54) is 30.5 Å². The van der Waals surface area contributed by atoms with Crippen LogP contribution in [0.2, 0.25) is 4.34 Å². The normalized spacial score (nSPS) is 11.6. The minimum atomic E-state index is -3.77. The molecule has 0 unspecified atom stereocenters. The minimum Gasteiger partial charge on any atom is -0.306 e. The van der Waals surface area contributed by atoms with Crippen LogP contribution in [0, 0.1) is 0 Å². The van der Waals surface area contributed by atoms with Crippen LogP contribution in [0.3, 0.4) is 0 Å². The predicted molar refractivity (Wildman–Crippen MR) is 118 cm³/mol. The predicted octanol–water partition coefficient (Wildman–Crippen LogP) is 2.37. The molecule has 0 saturated carbocycles. The van der Waals surface area contributed by atoms with E-state index in [0.717, 1.165) is 15.9 Å². The number of sulfone groups is 1. The number of Topliss-reactive ketones (excluding diaryl/α,β-unsaturated/α-hetero) is 1. The summed E-state index contributed by atoms with van der Waals surface area (Å²) in [5.74, 6) is -1.08. The molecule has 0 atom stereocenters. The number of halogens is 1. The van der Waals surface area contributed by atoms with Crippen molar-refractivity contribution < 1.29 is 13.2 Å². The molecule has 0 spiro atoms. The molecule has 0 fully saturated rings. The summed E-state index contributed by atoms with van der Waals surface area (Å²) in [4.78, 5) is 44.0. The van der Waals surface area contributed by atoms with E-state index in [1.54, 1.807) is 24.3 Å². The van der Waals surface area contributed by atoms with Crippen LogP contribution >= 0.6 is 22.9 Å². The first-order valence-electron chi connectivity index (χ1n) is 8.94. The van der Waals surface area contributed by atoms with Crippen LogP contribution in [0.5, 0.6) is 0 Å². The summed E-state index contributed by atoms with van der Waals surface area (Å²) in [5, 5.41) is 0.335. The van der Waals surface area contributed by atoms with E-state index in [0.29, 0.717) is 20.8 Å². The Hall–Kier alpha value is -3.08. The number of fused-ring (bicyclic) bond motifs is 1. The maximum Gasteiger partial charge on any atom is 0.334 e. The molecule has 4 rings (SSSR count). The number of carbonyl (C=O) groups excluding carboxylic acids is 1. The second kappa shape index (κ2) is 8.22. The molecule has 3 heterocycles. The topological polar surface area (TPSA) is 119 Å². The number of H-pyrrole nitrogens is 1. The van der Waals surface area contributed by atoms with Crippen LogP contribution in [-0.4, -0.2) is 34.5 Å². The summed E-state index contributed by atoms with van der Waals surface area (Å²) >= 11 is 6.66. The number of pyridine rings is 1. The molecule has 1 N–H and O–H groups in total. The van der Waals surface area contributed by atoms with E-state index in [-0.39, 0.29) is 16.4 Å². The summed E-state index contributed by atoms with van der Waals surface area (Å²) < 4.78 is 25.9. The van der Waals surface area contributed by atoms with Crippen LogP contribution in [0.25, 0.3) is 16.7 Å². The van der Waals surface area contributed by atoms with Gasteiger partial charge in [0.05, 0.1) is 15.2 Å². The zero-order valence-corrected chi connectivity index (χ0v) is 18.1. The molecule has 0 aliphatic carbocycles. The molecule has 0 bridgehead atoms. The number of ketones is 1. The number of aromatic nitrogens is 3. The Morgan fingerprint density at radius 2 is 1.87 bits per heavy atom. The van der Waals surface area contributed by atoms with Crippen molar-refractivity contribution in [3.05, 3.63) is 85.5 Å². The highest BCUT2D eigenvalue weighted by molar-refractivity contribution is 7.94.